The molecule has 3 aromatic rings. The molecule has 6 atom stereocenters. The maximum Gasteiger partial charge on any atom is 0.488 e. The van der Waals surface area contributed by atoms with Crippen LogP contribution in [0.3, 0.4) is 0 Å². The predicted octanol–water partition coefficient (Wildman–Crippen LogP) is 2.99. The lowest BCUT2D eigenvalue weighted by Gasteiger charge is -2.50. The summed E-state index contributed by atoms with van der Waals surface area (Å²) in [5.74, 6) is -7.28. The van der Waals surface area contributed by atoms with Gasteiger partial charge in [0.25, 0.3) is 11.8 Å². The van der Waals surface area contributed by atoms with Crippen LogP contribution in [0.4, 0.5) is 15.8 Å². The summed E-state index contributed by atoms with van der Waals surface area (Å²) in [7, 11) is -0.486. The summed E-state index contributed by atoms with van der Waals surface area (Å²) in [5.41, 5.74) is 1.18. The zero-order chi connectivity index (χ0) is 33.6. The number of fused-ring (bicyclic) bond motifs is 4. The Labute approximate surface area is 278 Å². The van der Waals surface area contributed by atoms with Crippen molar-refractivity contribution >= 4 is 70.8 Å². The number of carbonyl (C=O) groups excluding carboxylic acids is 4. The summed E-state index contributed by atoms with van der Waals surface area (Å²) < 4.78 is 19.2. The highest BCUT2D eigenvalue weighted by molar-refractivity contribution is 6.59. The van der Waals surface area contributed by atoms with E-state index in [0.717, 1.165) is 21.9 Å². The molecule has 3 aromatic carbocycles. The van der Waals surface area contributed by atoms with Gasteiger partial charge in [-0.25, -0.2) is 9.29 Å². The Balaban J connectivity index is 1.39. The summed E-state index contributed by atoms with van der Waals surface area (Å²) in [6.45, 7) is 0. The summed E-state index contributed by atoms with van der Waals surface area (Å²) in [4.78, 5) is 54.4. The topological polar surface area (TPSA) is 145 Å². The minimum Gasteiger partial charge on any atom is -0.504 e. The fourth-order valence-electron chi connectivity index (χ4n) is 7.73. The van der Waals surface area contributed by atoms with E-state index >= 15 is 0 Å². The third-order valence-corrected chi connectivity index (χ3v) is 11.3. The number of methoxy groups -OCH3 is 1. The fraction of sp³-hybridized carbons (Fsp3) is 0.273. The molecule has 10 nitrogen and oxygen atoms in total. The molecule has 14 heteroatoms. The normalized spacial score (nSPS) is 29.8. The molecule has 1 saturated carbocycles. The maximum atomic E-state index is 14.4. The highest BCUT2D eigenvalue weighted by Gasteiger charge is 2.76. The van der Waals surface area contributed by atoms with E-state index in [4.69, 9.17) is 27.9 Å². The van der Waals surface area contributed by atoms with Crippen molar-refractivity contribution in [2.24, 2.45) is 17.8 Å². The molecule has 7 rings (SSSR count). The maximum absolute atomic E-state index is 14.4. The number of nitrogens with zero attached hydrogens (tertiary/aromatic N) is 2. The molecule has 0 radical (unpaired) electrons. The van der Waals surface area contributed by atoms with Gasteiger partial charge in [0.2, 0.25) is 11.8 Å². The monoisotopic (exact) mass is 678 g/mol. The molecule has 0 aromatic heterocycles. The van der Waals surface area contributed by atoms with Crippen molar-refractivity contribution in [1.29, 1.82) is 0 Å². The smallest absolute Gasteiger partial charge is 0.488 e. The molecule has 2 aliphatic carbocycles. The Morgan fingerprint density at radius 3 is 2.30 bits per heavy atom. The van der Waals surface area contributed by atoms with Gasteiger partial charge in [0.1, 0.15) is 5.82 Å². The zero-order valence-corrected chi connectivity index (χ0v) is 26.2. The van der Waals surface area contributed by atoms with Crippen LogP contribution in [-0.4, -0.2) is 62.8 Å². The van der Waals surface area contributed by atoms with Gasteiger partial charge < -0.3 is 19.9 Å². The summed E-state index contributed by atoms with van der Waals surface area (Å²) in [6.07, 6.45) is 1.59. The SMILES string of the molecule is COc1cc(C2C3=CCC4C(=O)N(c5cccc(B(O)O)c5)C(=O)C4C3CC3(Cl)C(=O)N(c4ccc(F)cc4)C(=O)C23Cl)ccc1O. The number of halogens is 3. The fourth-order valence-corrected chi connectivity index (χ4v) is 8.66. The number of imide groups is 2. The number of carbonyl (C=O) groups is 4. The molecular weight excluding hydrogens is 653 g/mol. The Hall–Kier alpha value is -4.23. The number of allylic oxidation sites excluding steroid dienone is 2. The molecule has 6 unspecified atom stereocenters. The lowest BCUT2D eigenvalue weighted by Crippen LogP contribution is -2.60. The Morgan fingerprint density at radius 2 is 1.62 bits per heavy atom. The summed E-state index contributed by atoms with van der Waals surface area (Å²) in [5, 5.41) is 29.8. The van der Waals surface area contributed by atoms with Crippen LogP contribution in [0, 0.1) is 23.6 Å². The number of benzene rings is 3. The number of phenols is 1. The molecule has 4 amide bonds. The third kappa shape index (κ3) is 4.31. The van der Waals surface area contributed by atoms with Crippen molar-refractivity contribution in [3.63, 3.8) is 0 Å². The highest BCUT2D eigenvalue weighted by Crippen LogP contribution is 2.66. The van der Waals surface area contributed by atoms with Crippen LogP contribution in [0.25, 0.3) is 0 Å². The van der Waals surface area contributed by atoms with Crippen LogP contribution in [0.15, 0.2) is 78.4 Å². The van der Waals surface area contributed by atoms with Crippen LogP contribution in [0.5, 0.6) is 11.5 Å². The quantitative estimate of drug-likeness (QED) is 0.162. The Morgan fingerprint density at radius 1 is 0.894 bits per heavy atom. The van der Waals surface area contributed by atoms with Gasteiger partial charge in [-0.1, -0.05) is 29.8 Å². The summed E-state index contributed by atoms with van der Waals surface area (Å²) >= 11 is 14.7. The number of ether oxygens (including phenoxy) is 1. The van der Waals surface area contributed by atoms with Crippen LogP contribution in [-0.2, 0) is 19.2 Å². The van der Waals surface area contributed by atoms with Crippen molar-refractivity contribution in [3.05, 3.63) is 89.8 Å². The third-order valence-electron chi connectivity index (χ3n) is 9.86. The molecule has 47 heavy (non-hydrogen) atoms. The van der Waals surface area contributed by atoms with Gasteiger partial charge >= 0.3 is 7.12 Å². The van der Waals surface area contributed by atoms with Gasteiger partial charge in [-0.2, -0.15) is 0 Å². The van der Waals surface area contributed by atoms with E-state index in [2.05, 4.69) is 0 Å². The summed E-state index contributed by atoms with van der Waals surface area (Å²) in [6, 6.07) is 14.9. The van der Waals surface area contributed by atoms with Gasteiger partial charge in [-0.15, -0.1) is 23.2 Å². The van der Waals surface area contributed by atoms with Crippen LogP contribution < -0.4 is 20.0 Å². The van der Waals surface area contributed by atoms with Crippen LogP contribution >= 0.6 is 23.2 Å². The Kier molecular flexibility index (Phi) is 7.29. The second kappa shape index (κ2) is 10.9. The minimum absolute atomic E-state index is 0.0527. The zero-order valence-electron chi connectivity index (χ0n) is 24.6. The number of rotatable bonds is 5. The molecule has 2 saturated heterocycles. The number of hydrogen-bond donors (Lipinski definition) is 3. The van der Waals surface area contributed by atoms with Gasteiger partial charge in [-0.3, -0.25) is 24.1 Å². The Bertz CT molecular complexity index is 1910. The van der Waals surface area contributed by atoms with E-state index in [1.807, 2.05) is 0 Å². The largest absolute Gasteiger partial charge is 0.504 e. The minimum atomic E-state index is -2.14. The van der Waals surface area contributed by atoms with E-state index in [9.17, 15) is 38.7 Å². The van der Waals surface area contributed by atoms with Gasteiger partial charge in [0.05, 0.1) is 30.3 Å². The number of amides is 4. The molecule has 4 aliphatic rings. The standard InChI is InChI=1S/C33H26BCl2FN2O8/c1-47-25-13-16(5-12-24(25)40)27-21-10-11-22-26(29(42)38(28(22)41)20-4-2-3-17(14-20)34(45)46)23(21)15-32(35)30(43)39(31(44)33(27,32)36)19-8-6-18(37)7-9-19/h2-10,12-14,22-23,26-27,40,45-46H,11,15H2,1H3. The molecule has 0 spiro atoms. The number of phenolic OH excluding ortho intramolecular Hbond substituents is 1. The first-order chi connectivity index (χ1) is 22.3. The van der Waals surface area contributed by atoms with E-state index in [-0.39, 0.29) is 41.2 Å². The molecular formula is C33H26BCl2FN2O8. The average Bonchev–Trinajstić information content (AvgIpc) is 3.39. The second-order valence-electron chi connectivity index (χ2n) is 12.2. The van der Waals surface area contributed by atoms with Crippen molar-refractivity contribution < 1.29 is 43.5 Å². The highest BCUT2D eigenvalue weighted by atomic mass is 35.5. The number of aromatic hydroxyl groups is 1. The van der Waals surface area contributed by atoms with Crippen molar-refractivity contribution in [2.45, 2.75) is 28.5 Å². The first kappa shape index (κ1) is 31.4. The lowest BCUT2D eigenvalue weighted by atomic mass is 9.56. The van der Waals surface area contributed by atoms with Gasteiger partial charge in [0, 0.05) is 5.92 Å². The molecule has 2 heterocycles. The number of alkyl halides is 2. The molecule has 2 aliphatic heterocycles. The van der Waals surface area contributed by atoms with E-state index < -0.39 is 70.0 Å². The number of hydrogen-bond acceptors (Lipinski definition) is 8. The lowest BCUT2D eigenvalue weighted by molar-refractivity contribution is -0.125. The number of anilines is 2. The molecule has 240 valence electrons. The van der Waals surface area contributed by atoms with Crippen LogP contribution in [0.1, 0.15) is 24.3 Å². The first-order valence-corrected chi connectivity index (χ1v) is 15.5. The van der Waals surface area contributed by atoms with E-state index in [1.54, 1.807) is 6.08 Å². The average molecular weight is 679 g/mol. The molecule has 3 N–H and O–H groups in total. The van der Waals surface area contributed by atoms with Crippen molar-refractivity contribution in [2.75, 3.05) is 16.9 Å². The van der Waals surface area contributed by atoms with Crippen LogP contribution in [0.2, 0.25) is 0 Å². The van der Waals surface area contributed by atoms with Crippen molar-refractivity contribution in [1.82, 2.24) is 0 Å². The van der Waals surface area contributed by atoms with Crippen molar-refractivity contribution in [3.8, 4) is 11.5 Å². The van der Waals surface area contributed by atoms with Gasteiger partial charge in [0.15, 0.2) is 21.2 Å². The first-order valence-electron chi connectivity index (χ1n) is 14.8. The molecule has 3 fully saturated rings. The molecule has 0 bridgehead atoms. The van der Waals surface area contributed by atoms with E-state index in [1.165, 1.54) is 61.7 Å². The predicted molar refractivity (Wildman–Crippen MR) is 170 cm³/mol. The van der Waals surface area contributed by atoms with Gasteiger partial charge in [-0.05, 0) is 78.3 Å². The van der Waals surface area contributed by atoms with E-state index in [0.29, 0.717) is 11.1 Å². The second-order valence-corrected chi connectivity index (χ2v) is 13.4.